The van der Waals surface area contributed by atoms with Gasteiger partial charge in [0.15, 0.2) is 5.84 Å². The molecular formula is C24H32N4O2. The molecule has 6 heteroatoms. The Hall–Kier alpha value is -2.76. The molecule has 0 N–H and O–H groups in total. The molecule has 6 nitrogen and oxygen atoms in total. The van der Waals surface area contributed by atoms with E-state index in [0.29, 0.717) is 12.6 Å². The number of aromatic nitrogens is 2. The summed E-state index contributed by atoms with van der Waals surface area (Å²) in [5, 5.41) is 4.45. The quantitative estimate of drug-likeness (QED) is 0.728. The maximum atomic E-state index is 5.67. The normalized spacial score (nSPS) is 20.6. The van der Waals surface area contributed by atoms with Gasteiger partial charge in [0.25, 0.3) is 0 Å². The molecule has 4 rings (SSSR count). The molecule has 0 aliphatic carbocycles. The Kier molecular flexibility index (Phi) is 5.58. The molecule has 2 aromatic rings. The molecule has 2 aliphatic rings. The van der Waals surface area contributed by atoms with Crippen LogP contribution in [-0.4, -0.2) is 46.6 Å². The van der Waals surface area contributed by atoms with Gasteiger partial charge in [-0.25, -0.2) is 4.98 Å². The SMILES string of the molecule is COc1cc(/C=C2\CCCN3C2=NOCC3CC(C)(C)C)ccc1-n1cnc(C)c1. The van der Waals surface area contributed by atoms with Gasteiger partial charge in [0, 0.05) is 12.7 Å². The highest BCUT2D eigenvalue weighted by Gasteiger charge is 2.34. The van der Waals surface area contributed by atoms with Crippen LogP contribution in [0.2, 0.25) is 0 Å². The number of rotatable bonds is 4. The van der Waals surface area contributed by atoms with Gasteiger partial charge in [0.05, 0.1) is 30.9 Å². The molecule has 1 aromatic heterocycles. The lowest BCUT2D eigenvalue weighted by Gasteiger charge is -2.42. The van der Waals surface area contributed by atoms with Gasteiger partial charge >= 0.3 is 0 Å². The number of oxime groups is 1. The second-order valence-corrected chi connectivity index (χ2v) is 9.45. The highest BCUT2D eigenvalue weighted by molar-refractivity contribution is 6.02. The van der Waals surface area contributed by atoms with E-state index >= 15 is 0 Å². The van der Waals surface area contributed by atoms with Crippen LogP contribution >= 0.6 is 0 Å². The molecule has 160 valence electrons. The summed E-state index contributed by atoms with van der Waals surface area (Å²) in [5.74, 6) is 1.82. The Bertz CT molecular complexity index is 968. The first kappa shape index (κ1) is 20.5. The van der Waals surface area contributed by atoms with Crippen molar-refractivity contribution in [1.29, 1.82) is 0 Å². The molecule has 0 radical (unpaired) electrons. The number of nitrogens with zero attached hydrogens (tertiary/aromatic N) is 4. The van der Waals surface area contributed by atoms with E-state index in [2.05, 4.69) is 60.1 Å². The van der Waals surface area contributed by atoms with Crippen molar-refractivity contribution in [2.24, 2.45) is 10.6 Å². The Labute approximate surface area is 179 Å². The first-order chi connectivity index (χ1) is 14.3. The average molecular weight is 409 g/mol. The van der Waals surface area contributed by atoms with Gasteiger partial charge < -0.3 is 19.0 Å². The highest BCUT2D eigenvalue weighted by Crippen LogP contribution is 2.32. The second kappa shape index (κ2) is 8.17. The average Bonchev–Trinajstić information content (AvgIpc) is 3.13. The number of ether oxygens (including phenoxy) is 1. The van der Waals surface area contributed by atoms with Gasteiger partial charge in [-0.05, 0) is 60.9 Å². The fourth-order valence-corrected chi connectivity index (χ4v) is 4.35. The number of hydrogen-bond acceptors (Lipinski definition) is 5. The second-order valence-electron chi connectivity index (χ2n) is 9.45. The zero-order chi connectivity index (χ0) is 21.3. The fraction of sp³-hybridized carbons (Fsp3) is 0.500. The number of hydrogen-bond donors (Lipinski definition) is 0. The summed E-state index contributed by atoms with van der Waals surface area (Å²) >= 11 is 0. The van der Waals surface area contributed by atoms with Crippen molar-refractivity contribution in [3.05, 3.63) is 47.6 Å². The van der Waals surface area contributed by atoms with E-state index in [1.807, 2.05) is 24.0 Å². The molecule has 1 unspecified atom stereocenters. The van der Waals surface area contributed by atoms with Crippen molar-refractivity contribution in [1.82, 2.24) is 14.5 Å². The minimum atomic E-state index is 0.257. The molecule has 30 heavy (non-hydrogen) atoms. The number of imidazole rings is 1. The van der Waals surface area contributed by atoms with Crippen molar-refractivity contribution in [3.8, 4) is 11.4 Å². The van der Waals surface area contributed by atoms with Crippen molar-refractivity contribution >= 4 is 11.9 Å². The van der Waals surface area contributed by atoms with E-state index < -0.39 is 0 Å². The number of amidine groups is 1. The van der Waals surface area contributed by atoms with Crippen LogP contribution in [0.25, 0.3) is 11.8 Å². The molecule has 0 spiro atoms. The molecule has 1 fully saturated rings. The van der Waals surface area contributed by atoms with Crippen molar-refractivity contribution in [2.75, 3.05) is 20.3 Å². The number of benzene rings is 1. The topological polar surface area (TPSA) is 51.9 Å². The molecule has 3 heterocycles. The lowest BCUT2D eigenvalue weighted by molar-refractivity contribution is 0.0410. The van der Waals surface area contributed by atoms with Gasteiger partial charge in [-0.1, -0.05) is 32.0 Å². The molecular weight excluding hydrogens is 376 g/mol. The van der Waals surface area contributed by atoms with E-state index in [4.69, 9.17) is 9.57 Å². The number of methoxy groups -OCH3 is 1. The lowest BCUT2D eigenvalue weighted by Crippen LogP contribution is -2.50. The standard InChI is InChI=1S/C24H32N4O2/c1-17-14-27(16-25-17)21-9-8-18(12-22(21)29-5)11-19-7-6-10-28-20(13-24(2,3)4)15-30-26-23(19)28/h8-9,11-12,14,16,20H,6-7,10,13,15H2,1-5H3/b19-11+. The van der Waals surface area contributed by atoms with E-state index in [0.717, 1.165) is 54.3 Å². The third-order valence-electron chi connectivity index (χ3n) is 5.65. The molecule has 1 saturated heterocycles. The Balaban J connectivity index is 1.62. The summed E-state index contributed by atoms with van der Waals surface area (Å²) in [5.41, 5.74) is 4.55. The monoisotopic (exact) mass is 408 g/mol. The molecule has 2 aliphatic heterocycles. The van der Waals surface area contributed by atoms with Crippen LogP contribution in [0.15, 0.2) is 41.5 Å². The summed E-state index contributed by atoms with van der Waals surface area (Å²) in [6, 6.07) is 6.65. The van der Waals surface area contributed by atoms with Gasteiger partial charge in [-0.3, -0.25) is 0 Å². The fourth-order valence-electron chi connectivity index (χ4n) is 4.35. The number of piperidine rings is 1. The third-order valence-corrected chi connectivity index (χ3v) is 5.65. The van der Waals surface area contributed by atoms with Crippen molar-refractivity contribution in [2.45, 2.75) is 53.0 Å². The van der Waals surface area contributed by atoms with E-state index in [1.165, 1.54) is 5.57 Å². The predicted octanol–water partition coefficient (Wildman–Crippen LogP) is 4.82. The number of fused-ring (bicyclic) bond motifs is 1. The first-order valence-corrected chi connectivity index (χ1v) is 10.7. The molecule has 0 bridgehead atoms. The van der Waals surface area contributed by atoms with Crippen LogP contribution in [0.3, 0.4) is 0 Å². The Morgan fingerprint density at radius 3 is 2.83 bits per heavy atom. The van der Waals surface area contributed by atoms with E-state index in [1.54, 1.807) is 7.11 Å². The summed E-state index contributed by atoms with van der Waals surface area (Å²) < 4.78 is 7.66. The predicted molar refractivity (Wildman–Crippen MR) is 120 cm³/mol. The summed E-state index contributed by atoms with van der Waals surface area (Å²) in [4.78, 5) is 12.4. The third kappa shape index (κ3) is 4.37. The van der Waals surface area contributed by atoms with Crippen LogP contribution in [0.1, 0.15) is 51.3 Å². The van der Waals surface area contributed by atoms with Gasteiger partial charge in [0.2, 0.25) is 0 Å². The molecule has 0 amide bonds. The van der Waals surface area contributed by atoms with Crippen LogP contribution < -0.4 is 4.74 Å². The summed E-state index contributed by atoms with van der Waals surface area (Å²) in [6.07, 6.45) is 9.26. The smallest absolute Gasteiger partial charge is 0.171 e. The molecule has 1 atom stereocenters. The largest absolute Gasteiger partial charge is 0.495 e. The van der Waals surface area contributed by atoms with Crippen LogP contribution in [0.5, 0.6) is 5.75 Å². The summed E-state index contributed by atoms with van der Waals surface area (Å²) in [6.45, 7) is 10.6. The maximum Gasteiger partial charge on any atom is 0.171 e. The zero-order valence-electron chi connectivity index (χ0n) is 18.7. The van der Waals surface area contributed by atoms with E-state index in [9.17, 15) is 0 Å². The zero-order valence-corrected chi connectivity index (χ0v) is 18.7. The maximum absolute atomic E-state index is 5.67. The van der Waals surface area contributed by atoms with Crippen molar-refractivity contribution in [3.63, 3.8) is 0 Å². The minimum absolute atomic E-state index is 0.257. The first-order valence-electron chi connectivity index (χ1n) is 10.7. The van der Waals surface area contributed by atoms with Gasteiger partial charge in [-0.2, -0.15) is 0 Å². The van der Waals surface area contributed by atoms with Gasteiger partial charge in [0.1, 0.15) is 12.4 Å². The minimum Gasteiger partial charge on any atom is -0.495 e. The molecule has 0 saturated carbocycles. The molecule has 1 aromatic carbocycles. The Morgan fingerprint density at radius 1 is 1.30 bits per heavy atom. The van der Waals surface area contributed by atoms with Crippen LogP contribution in [-0.2, 0) is 4.84 Å². The summed E-state index contributed by atoms with van der Waals surface area (Å²) in [7, 11) is 1.71. The lowest BCUT2D eigenvalue weighted by atomic mass is 9.86. The van der Waals surface area contributed by atoms with Crippen molar-refractivity contribution < 1.29 is 9.57 Å². The van der Waals surface area contributed by atoms with Crippen LogP contribution in [0.4, 0.5) is 0 Å². The van der Waals surface area contributed by atoms with E-state index in [-0.39, 0.29) is 5.41 Å². The highest BCUT2D eigenvalue weighted by atomic mass is 16.6. The van der Waals surface area contributed by atoms with Gasteiger partial charge in [-0.15, -0.1) is 0 Å². The van der Waals surface area contributed by atoms with Crippen LogP contribution in [0, 0.1) is 12.3 Å². The number of aryl methyl sites for hydroxylation is 1. The Morgan fingerprint density at radius 2 is 2.13 bits per heavy atom.